The van der Waals surface area contributed by atoms with E-state index < -0.39 is 29.9 Å². The Kier molecular flexibility index (Phi) is 5.90. The van der Waals surface area contributed by atoms with E-state index in [2.05, 4.69) is 10.6 Å². The lowest BCUT2D eigenvalue weighted by molar-refractivity contribution is -0.144. The van der Waals surface area contributed by atoms with Gasteiger partial charge in [0.2, 0.25) is 5.91 Å². The Morgan fingerprint density at radius 1 is 1.40 bits per heavy atom. The van der Waals surface area contributed by atoms with Crippen LogP contribution in [0, 0.1) is 5.92 Å². The highest BCUT2D eigenvalue weighted by Crippen LogP contribution is 2.22. The average molecular weight is 287 g/mol. The Morgan fingerprint density at radius 2 is 2.05 bits per heavy atom. The molecule has 3 atom stereocenters. The highest BCUT2D eigenvalue weighted by atomic mass is 16.5. The number of likely N-dealkylation sites (N-methyl/N-ethyl adjacent to an activating group) is 1. The topological polar surface area (TPSA) is 108 Å². The maximum atomic E-state index is 11.9. The van der Waals surface area contributed by atoms with Crippen molar-refractivity contribution < 1.29 is 24.2 Å². The van der Waals surface area contributed by atoms with Gasteiger partial charge in [0.05, 0.1) is 25.2 Å². The number of ether oxygens (including phenoxy) is 1. The molecular weight excluding hydrogens is 266 g/mol. The first-order valence-electron chi connectivity index (χ1n) is 6.51. The zero-order valence-electron chi connectivity index (χ0n) is 11.9. The maximum Gasteiger partial charge on any atom is 0.321 e. The van der Waals surface area contributed by atoms with Crippen LogP contribution in [0.4, 0.5) is 4.79 Å². The molecule has 20 heavy (non-hydrogen) atoms. The molecule has 3 N–H and O–H groups in total. The number of carbonyl (C=O) groups excluding carboxylic acids is 2. The van der Waals surface area contributed by atoms with E-state index in [4.69, 9.17) is 9.84 Å². The van der Waals surface area contributed by atoms with Crippen molar-refractivity contribution in [2.45, 2.75) is 25.9 Å². The number of nitrogens with one attached hydrogen (secondary N) is 2. The van der Waals surface area contributed by atoms with E-state index in [1.165, 1.54) is 7.05 Å². The standard InChI is InChI=1S/C12H21N3O5/c1-4-15(7(2)10(16)14-12(19)13-3)9-6-20-5-8(9)11(17)18/h7-9H,4-6H2,1-3H3,(H,17,18)(H2,13,14,16,19). The minimum Gasteiger partial charge on any atom is -0.481 e. The van der Waals surface area contributed by atoms with Gasteiger partial charge in [0, 0.05) is 13.1 Å². The van der Waals surface area contributed by atoms with Crippen LogP contribution in [0.2, 0.25) is 0 Å². The van der Waals surface area contributed by atoms with E-state index in [1.54, 1.807) is 11.8 Å². The molecule has 1 aliphatic heterocycles. The zero-order chi connectivity index (χ0) is 15.3. The summed E-state index contributed by atoms with van der Waals surface area (Å²) in [4.78, 5) is 36.0. The van der Waals surface area contributed by atoms with Crippen LogP contribution in [0.15, 0.2) is 0 Å². The second-order valence-corrected chi connectivity index (χ2v) is 4.62. The van der Waals surface area contributed by atoms with Crippen LogP contribution in [0.1, 0.15) is 13.8 Å². The second kappa shape index (κ2) is 7.20. The molecular formula is C12H21N3O5. The molecule has 1 aliphatic rings. The van der Waals surface area contributed by atoms with Crippen LogP contribution in [0.3, 0.4) is 0 Å². The Morgan fingerprint density at radius 3 is 2.55 bits per heavy atom. The van der Waals surface area contributed by atoms with Crippen LogP contribution in [-0.2, 0) is 14.3 Å². The molecule has 8 nitrogen and oxygen atoms in total. The van der Waals surface area contributed by atoms with Crippen LogP contribution >= 0.6 is 0 Å². The number of carboxylic acids is 1. The number of nitrogens with zero attached hydrogens (tertiary/aromatic N) is 1. The van der Waals surface area contributed by atoms with Gasteiger partial charge >= 0.3 is 12.0 Å². The summed E-state index contributed by atoms with van der Waals surface area (Å²) in [5.41, 5.74) is 0. The number of rotatable bonds is 5. The third-order valence-corrected chi connectivity index (χ3v) is 3.50. The quantitative estimate of drug-likeness (QED) is 0.614. The molecule has 0 aromatic carbocycles. The van der Waals surface area contributed by atoms with Crippen molar-refractivity contribution in [1.29, 1.82) is 0 Å². The van der Waals surface area contributed by atoms with Crippen LogP contribution < -0.4 is 10.6 Å². The number of aliphatic carboxylic acids is 1. The van der Waals surface area contributed by atoms with Gasteiger partial charge in [0.1, 0.15) is 0 Å². The van der Waals surface area contributed by atoms with Gasteiger partial charge < -0.3 is 15.2 Å². The van der Waals surface area contributed by atoms with E-state index in [1.807, 2.05) is 6.92 Å². The molecule has 0 aliphatic carbocycles. The smallest absolute Gasteiger partial charge is 0.321 e. The van der Waals surface area contributed by atoms with Crippen molar-refractivity contribution in [3.8, 4) is 0 Å². The molecule has 0 aromatic rings. The van der Waals surface area contributed by atoms with Gasteiger partial charge in [0.25, 0.3) is 0 Å². The van der Waals surface area contributed by atoms with Crippen molar-refractivity contribution in [2.75, 3.05) is 26.8 Å². The predicted octanol–water partition coefficient (Wildman–Crippen LogP) is -0.748. The molecule has 1 rings (SSSR count). The number of hydrogen-bond acceptors (Lipinski definition) is 5. The molecule has 0 saturated carbocycles. The first kappa shape index (κ1) is 16.4. The SMILES string of the molecule is CCN(C(C)C(=O)NC(=O)NC)C1COCC1C(=O)O. The number of imide groups is 1. The van der Waals surface area contributed by atoms with E-state index in [0.29, 0.717) is 6.54 Å². The molecule has 1 saturated heterocycles. The van der Waals surface area contributed by atoms with Crippen molar-refractivity contribution in [2.24, 2.45) is 5.92 Å². The molecule has 8 heteroatoms. The lowest BCUT2D eigenvalue weighted by atomic mass is 10.0. The van der Waals surface area contributed by atoms with E-state index in [-0.39, 0.29) is 19.3 Å². The second-order valence-electron chi connectivity index (χ2n) is 4.62. The summed E-state index contributed by atoms with van der Waals surface area (Å²) in [5, 5.41) is 13.6. The van der Waals surface area contributed by atoms with Gasteiger partial charge in [-0.25, -0.2) is 4.79 Å². The normalized spacial score (nSPS) is 23.4. The third-order valence-electron chi connectivity index (χ3n) is 3.50. The lowest BCUT2D eigenvalue weighted by Crippen LogP contribution is -2.54. The largest absolute Gasteiger partial charge is 0.481 e. The summed E-state index contributed by atoms with van der Waals surface area (Å²) >= 11 is 0. The zero-order valence-corrected chi connectivity index (χ0v) is 11.9. The summed E-state index contributed by atoms with van der Waals surface area (Å²) in [6.45, 7) is 4.36. The summed E-state index contributed by atoms with van der Waals surface area (Å²) < 4.78 is 5.21. The molecule has 0 bridgehead atoms. The number of carbonyl (C=O) groups is 3. The molecule has 0 aromatic heterocycles. The van der Waals surface area contributed by atoms with Gasteiger partial charge in [-0.15, -0.1) is 0 Å². The minimum absolute atomic E-state index is 0.139. The van der Waals surface area contributed by atoms with Crippen LogP contribution in [-0.4, -0.2) is 66.8 Å². The first-order valence-corrected chi connectivity index (χ1v) is 6.51. The van der Waals surface area contributed by atoms with Crippen LogP contribution in [0.25, 0.3) is 0 Å². The van der Waals surface area contributed by atoms with E-state index in [9.17, 15) is 14.4 Å². The number of hydrogen-bond donors (Lipinski definition) is 3. The maximum absolute atomic E-state index is 11.9. The molecule has 1 fully saturated rings. The average Bonchev–Trinajstić information content (AvgIpc) is 2.88. The van der Waals surface area contributed by atoms with Crippen molar-refractivity contribution in [3.63, 3.8) is 0 Å². The fourth-order valence-electron chi connectivity index (χ4n) is 2.33. The Hall–Kier alpha value is -1.67. The third kappa shape index (κ3) is 3.67. The van der Waals surface area contributed by atoms with Crippen LogP contribution in [0.5, 0.6) is 0 Å². The number of urea groups is 1. The summed E-state index contributed by atoms with van der Waals surface area (Å²) in [6, 6.07) is -1.58. The van der Waals surface area contributed by atoms with E-state index >= 15 is 0 Å². The van der Waals surface area contributed by atoms with Gasteiger partial charge in [-0.05, 0) is 13.5 Å². The fourth-order valence-corrected chi connectivity index (χ4v) is 2.33. The molecule has 1 heterocycles. The number of amides is 3. The Bertz CT molecular complexity index is 387. The molecule has 0 spiro atoms. The van der Waals surface area contributed by atoms with Gasteiger partial charge in [0.15, 0.2) is 0 Å². The van der Waals surface area contributed by atoms with Gasteiger partial charge in [-0.2, -0.15) is 0 Å². The minimum atomic E-state index is -0.940. The van der Waals surface area contributed by atoms with Crippen molar-refractivity contribution in [1.82, 2.24) is 15.5 Å². The molecule has 3 amide bonds. The van der Waals surface area contributed by atoms with Gasteiger partial charge in [-0.3, -0.25) is 19.8 Å². The summed E-state index contributed by atoms with van der Waals surface area (Å²) in [7, 11) is 1.41. The monoisotopic (exact) mass is 287 g/mol. The molecule has 114 valence electrons. The Labute approximate surface area is 117 Å². The summed E-state index contributed by atoms with van der Waals surface area (Å²) in [5.74, 6) is -2.07. The van der Waals surface area contributed by atoms with Crippen molar-refractivity contribution in [3.05, 3.63) is 0 Å². The highest BCUT2D eigenvalue weighted by molar-refractivity contribution is 5.96. The van der Waals surface area contributed by atoms with E-state index in [0.717, 1.165) is 0 Å². The number of carboxylic acid groups (broad SMARTS) is 1. The molecule has 3 unspecified atom stereocenters. The van der Waals surface area contributed by atoms with Crippen molar-refractivity contribution >= 4 is 17.9 Å². The summed E-state index contributed by atoms with van der Waals surface area (Å²) in [6.07, 6.45) is 0. The fraction of sp³-hybridized carbons (Fsp3) is 0.750. The van der Waals surface area contributed by atoms with Gasteiger partial charge in [-0.1, -0.05) is 6.92 Å². The molecule has 0 radical (unpaired) electrons. The lowest BCUT2D eigenvalue weighted by Gasteiger charge is -2.33. The highest BCUT2D eigenvalue weighted by Gasteiger charge is 2.40. The first-order chi connectivity index (χ1) is 9.42. The predicted molar refractivity (Wildman–Crippen MR) is 70.2 cm³/mol. The Balaban J connectivity index is 2.76.